The zero-order chi connectivity index (χ0) is 24.7. The Morgan fingerprint density at radius 3 is 1.94 bits per heavy atom. The molecule has 0 heterocycles. The van der Waals surface area contributed by atoms with Gasteiger partial charge in [-0.3, -0.25) is 0 Å². The van der Waals surface area contributed by atoms with Crippen LogP contribution in [0.15, 0.2) is 66.7 Å². The summed E-state index contributed by atoms with van der Waals surface area (Å²) in [4.78, 5) is 0. The summed E-state index contributed by atoms with van der Waals surface area (Å²) in [7, 11) is 0. The summed E-state index contributed by atoms with van der Waals surface area (Å²) in [6.45, 7) is 13.5. The Morgan fingerprint density at radius 2 is 1.32 bits per heavy atom. The van der Waals surface area contributed by atoms with Crippen LogP contribution in [0.3, 0.4) is 0 Å². The smallest absolute Gasteiger partial charge is 0.136 e. The van der Waals surface area contributed by atoms with E-state index in [1.807, 2.05) is 36.4 Å². The van der Waals surface area contributed by atoms with E-state index in [4.69, 9.17) is 0 Å². The van der Waals surface area contributed by atoms with Crippen LogP contribution in [0.2, 0.25) is 0 Å². The van der Waals surface area contributed by atoms with Crippen LogP contribution < -0.4 is 10.4 Å². The summed E-state index contributed by atoms with van der Waals surface area (Å²) >= 11 is 0. The van der Waals surface area contributed by atoms with Crippen LogP contribution in [0.5, 0.6) is 0 Å². The minimum absolute atomic E-state index is 0.0246. The molecule has 0 spiro atoms. The van der Waals surface area contributed by atoms with Gasteiger partial charge < -0.3 is 0 Å². The van der Waals surface area contributed by atoms with Gasteiger partial charge in [0.1, 0.15) is 17.7 Å². The van der Waals surface area contributed by atoms with Gasteiger partial charge in [0.15, 0.2) is 0 Å². The monoisotopic (exact) mass is 442 g/mol. The van der Waals surface area contributed by atoms with Gasteiger partial charge in [-0.1, -0.05) is 102 Å². The molecule has 0 bridgehead atoms. The predicted octanol–water partition coefficient (Wildman–Crippen LogP) is 6.14. The number of hydrogen-bond acceptors (Lipinski definition) is 2. The third kappa shape index (κ3) is 4.33. The standard InChI is InChI=1S/C32H30N2/c1-31(2,3)26-12-15-28-24(18-30(32(4,5)6)29(28)16-13-26)17-23-10-9-22-8-7-21(11-14-27(22)23)25(19-33)20-34/h7-18H,1-6H3/b23-17+. The normalized spacial score (nSPS) is 12.5. The highest BCUT2D eigenvalue weighted by molar-refractivity contribution is 5.82. The van der Waals surface area contributed by atoms with Gasteiger partial charge in [0, 0.05) is 5.22 Å². The lowest BCUT2D eigenvalue weighted by Crippen LogP contribution is -2.10. The minimum atomic E-state index is 0.0246. The first-order valence-electron chi connectivity index (χ1n) is 11.7. The van der Waals surface area contributed by atoms with Crippen LogP contribution in [-0.4, -0.2) is 0 Å². The van der Waals surface area contributed by atoms with Crippen LogP contribution in [0.4, 0.5) is 0 Å². The van der Waals surface area contributed by atoms with Crippen molar-refractivity contribution < 1.29 is 0 Å². The van der Waals surface area contributed by atoms with Crippen molar-refractivity contribution in [3.63, 3.8) is 0 Å². The van der Waals surface area contributed by atoms with Gasteiger partial charge in [0.2, 0.25) is 0 Å². The van der Waals surface area contributed by atoms with Gasteiger partial charge in [-0.05, 0) is 66.4 Å². The Morgan fingerprint density at radius 1 is 0.706 bits per heavy atom. The zero-order valence-electron chi connectivity index (χ0n) is 20.8. The van der Waals surface area contributed by atoms with Gasteiger partial charge in [0.05, 0.1) is 0 Å². The van der Waals surface area contributed by atoms with Crippen molar-refractivity contribution >= 4 is 11.6 Å². The maximum absolute atomic E-state index is 9.24. The topological polar surface area (TPSA) is 47.6 Å². The highest BCUT2D eigenvalue weighted by atomic mass is 14.3. The van der Waals surface area contributed by atoms with Crippen molar-refractivity contribution in [2.24, 2.45) is 0 Å². The van der Waals surface area contributed by atoms with E-state index in [2.05, 4.69) is 90.1 Å². The van der Waals surface area contributed by atoms with Crippen LogP contribution >= 0.6 is 0 Å². The maximum atomic E-state index is 9.24. The number of fused-ring (bicyclic) bond motifs is 1. The SMILES string of the molecule is CC(C)(C)c1ccc2c(/C=c3\ccc4ccc(=C(C#N)C#N)ccc3=4)cc(C(C)(C)C)c-2cc1. The van der Waals surface area contributed by atoms with Gasteiger partial charge in [0.25, 0.3) is 0 Å². The van der Waals surface area contributed by atoms with Crippen molar-refractivity contribution in [2.45, 2.75) is 52.4 Å². The molecular weight excluding hydrogens is 412 g/mol. The second-order valence-electron chi connectivity index (χ2n) is 11.0. The number of hydrogen-bond donors (Lipinski definition) is 0. The van der Waals surface area contributed by atoms with Crippen molar-refractivity contribution in [2.75, 3.05) is 0 Å². The first-order chi connectivity index (χ1) is 16.0. The molecule has 0 aromatic rings. The van der Waals surface area contributed by atoms with Crippen LogP contribution in [0, 0.1) is 33.1 Å². The molecule has 2 heteroatoms. The molecule has 0 aromatic heterocycles. The Kier molecular flexibility index (Phi) is 5.80. The zero-order valence-corrected chi connectivity index (χ0v) is 20.8. The molecular formula is C32H30N2. The summed E-state index contributed by atoms with van der Waals surface area (Å²) in [5.74, 6) is 0. The van der Waals surface area contributed by atoms with Gasteiger partial charge in [-0.15, -0.1) is 0 Å². The van der Waals surface area contributed by atoms with Crippen molar-refractivity contribution in [1.82, 2.24) is 0 Å². The van der Waals surface area contributed by atoms with Gasteiger partial charge >= 0.3 is 0 Å². The summed E-state index contributed by atoms with van der Waals surface area (Å²) in [6.07, 6.45) is 2.26. The summed E-state index contributed by atoms with van der Waals surface area (Å²) < 4.78 is 0. The molecule has 4 rings (SSSR count). The lowest BCUT2D eigenvalue weighted by molar-refractivity contribution is 0.590. The third-order valence-electron chi connectivity index (χ3n) is 6.48. The molecule has 2 nitrogen and oxygen atoms in total. The average Bonchev–Trinajstić information content (AvgIpc) is 3.11. The number of nitrogens with zero attached hydrogens (tertiary/aromatic N) is 2. The quantitative estimate of drug-likeness (QED) is 0.356. The van der Waals surface area contributed by atoms with Crippen molar-refractivity contribution in [1.29, 1.82) is 10.5 Å². The van der Waals surface area contributed by atoms with E-state index in [1.54, 1.807) is 0 Å². The van der Waals surface area contributed by atoms with Crippen molar-refractivity contribution in [3.05, 3.63) is 104 Å². The average molecular weight is 443 g/mol. The van der Waals surface area contributed by atoms with E-state index in [9.17, 15) is 10.5 Å². The van der Waals surface area contributed by atoms with Crippen LogP contribution in [0.1, 0.15) is 58.2 Å². The van der Waals surface area contributed by atoms with Gasteiger partial charge in [-0.25, -0.2) is 0 Å². The van der Waals surface area contributed by atoms with Gasteiger partial charge in [-0.2, -0.15) is 10.5 Å². The highest BCUT2D eigenvalue weighted by Crippen LogP contribution is 2.40. The minimum Gasteiger partial charge on any atom is -0.192 e. The Bertz CT molecular complexity index is 1610. The molecule has 0 amide bonds. The Hall–Kier alpha value is -3.88. The molecule has 168 valence electrons. The number of nitriles is 2. The summed E-state index contributed by atoms with van der Waals surface area (Å²) in [5.41, 5.74) is 6.64. The molecule has 0 aromatic carbocycles. The molecule has 0 saturated carbocycles. The molecule has 0 radical (unpaired) electrons. The van der Waals surface area contributed by atoms with E-state index in [0.717, 1.165) is 15.7 Å². The predicted molar refractivity (Wildman–Crippen MR) is 140 cm³/mol. The first kappa shape index (κ1) is 23.3. The molecule has 0 fully saturated rings. The summed E-state index contributed by atoms with van der Waals surface area (Å²) in [6, 6.07) is 27.3. The summed E-state index contributed by atoms with van der Waals surface area (Å²) in [5, 5.41) is 22.4. The molecule has 0 saturated heterocycles. The highest BCUT2D eigenvalue weighted by Gasteiger charge is 2.24. The van der Waals surface area contributed by atoms with Crippen LogP contribution in [-0.2, 0) is 10.8 Å². The Labute approximate surface area is 202 Å². The second kappa shape index (κ2) is 8.48. The second-order valence-corrected chi connectivity index (χ2v) is 11.0. The fourth-order valence-corrected chi connectivity index (χ4v) is 4.50. The lowest BCUT2D eigenvalue weighted by atomic mass is 9.85. The van der Waals surface area contributed by atoms with Crippen molar-refractivity contribution in [3.8, 4) is 23.3 Å². The third-order valence-corrected chi connectivity index (χ3v) is 6.48. The first-order valence-corrected chi connectivity index (χ1v) is 11.7. The lowest BCUT2D eigenvalue weighted by Gasteiger charge is -2.19. The number of rotatable bonds is 1. The molecule has 34 heavy (non-hydrogen) atoms. The molecule has 4 aliphatic rings. The largest absolute Gasteiger partial charge is 0.192 e. The molecule has 0 unspecified atom stereocenters. The fourth-order valence-electron chi connectivity index (χ4n) is 4.50. The van der Waals surface area contributed by atoms with E-state index in [1.165, 1.54) is 27.8 Å². The van der Waals surface area contributed by atoms with E-state index < -0.39 is 0 Å². The fraction of sp³-hybridized carbons (Fsp3) is 0.250. The molecule has 4 aliphatic carbocycles. The maximum Gasteiger partial charge on any atom is 0.136 e. The molecule has 0 aliphatic heterocycles. The van der Waals surface area contributed by atoms with E-state index in [-0.39, 0.29) is 16.4 Å². The van der Waals surface area contributed by atoms with E-state index in [0.29, 0.717) is 5.22 Å². The Balaban J connectivity index is 2.01. The van der Waals surface area contributed by atoms with E-state index >= 15 is 0 Å². The molecule has 0 atom stereocenters. The molecule has 0 N–H and O–H groups in total. The van der Waals surface area contributed by atoms with Crippen LogP contribution in [0.25, 0.3) is 22.8 Å².